The van der Waals surface area contributed by atoms with Gasteiger partial charge < -0.3 is 5.73 Å². The van der Waals surface area contributed by atoms with E-state index in [1.54, 1.807) is 0 Å². The smallest absolute Gasteiger partial charge is 0.399 e. The van der Waals surface area contributed by atoms with Gasteiger partial charge in [0.25, 0.3) is 0 Å². The maximum Gasteiger partial charge on any atom is 0.461 e. The Labute approximate surface area is 114 Å². The van der Waals surface area contributed by atoms with Gasteiger partial charge in [-0.15, -0.1) is 0 Å². The summed E-state index contributed by atoms with van der Waals surface area (Å²) < 4.78 is 111. The number of alkyl halides is 7. The number of hydrogen-bond acceptors (Lipinski definition) is 3. The average Bonchev–Trinajstić information content (AvgIpc) is 2.30. The lowest BCUT2D eigenvalue weighted by molar-refractivity contribution is -0.332. The Balaban J connectivity index is 3.51. The number of aryl methyl sites for hydroxylation is 1. The number of sulfone groups is 1. The Hall–Kier alpha value is -1.52. The van der Waals surface area contributed by atoms with Crippen LogP contribution in [0, 0.1) is 6.92 Å². The molecule has 0 saturated heterocycles. The fourth-order valence-electron chi connectivity index (χ4n) is 1.30. The highest BCUT2D eigenvalue weighted by atomic mass is 32.2. The molecule has 0 bridgehead atoms. The summed E-state index contributed by atoms with van der Waals surface area (Å²) >= 11 is 0. The fourth-order valence-corrected chi connectivity index (χ4v) is 2.63. The molecule has 0 aliphatic heterocycles. The molecule has 21 heavy (non-hydrogen) atoms. The summed E-state index contributed by atoms with van der Waals surface area (Å²) in [6.07, 6.45) is -6.73. The van der Waals surface area contributed by atoms with E-state index in [0.717, 1.165) is 6.07 Å². The first-order valence-electron chi connectivity index (χ1n) is 5.09. The number of anilines is 1. The van der Waals surface area contributed by atoms with Crippen LogP contribution in [-0.2, 0) is 9.84 Å². The van der Waals surface area contributed by atoms with Crippen molar-refractivity contribution in [1.82, 2.24) is 0 Å². The molecule has 120 valence electrons. The molecule has 11 heteroatoms. The number of benzene rings is 1. The summed E-state index contributed by atoms with van der Waals surface area (Å²) in [5, 5.41) is -6.36. The summed E-state index contributed by atoms with van der Waals surface area (Å²) in [5.41, 5.74) is 5.18. The molecule has 0 radical (unpaired) electrons. The molecule has 0 saturated carbocycles. The Morgan fingerprint density at radius 2 is 1.48 bits per heavy atom. The third-order valence-corrected chi connectivity index (χ3v) is 4.42. The van der Waals surface area contributed by atoms with Crippen LogP contribution in [0.25, 0.3) is 0 Å². The largest absolute Gasteiger partial charge is 0.461 e. The van der Waals surface area contributed by atoms with E-state index in [4.69, 9.17) is 5.73 Å². The van der Waals surface area contributed by atoms with Crippen molar-refractivity contribution in [2.24, 2.45) is 0 Å². The zero-order chi connectivity index (χ0) is 16.9. The van der Waals surface area contributed by atoms with Gasteiger partial charge in [-0.25, -0.2) is 8.42 Å². The van der Waals surface area contributed by atoms with Crippen molar-refractivity contribution >= 4 is 15.5 Å². The van der Waals surface area contributed by atoms with Gasteiger partial charge in [-0.05, 0) is 30.7 Å². The number of nitrogens with two attached hydrogens (primary N) is 1. The van der Waals surface area contributed by atoms with E-state index in [1.165, 1.54) is 6.92 Å². The van der Waals surface area contributed by atoms with E-state index in [-0.39, 0.29) is 11.3 Å². The summed E-state index contributed by atoms with van der Waals surface area (Å²) in [7, 11) is -6.28. The molecule has 1 aromatic carbocycles. The van der Waals surface area contributed by atoms with Crippen molar-refractivity contribution in [3.05, 3.63) is 23.8 Å². The lowest BCUT2D eigenvalue weighted by Gasteiger charge is -2.27. The van der Waals surface area contributed by atoms with Crippen molar-refractivity contribution in [3.8, 4) is 0 Å². The van der Waals surface area contributed by atoms with Gasteiger partial charge in [0.2, 0.25) is 9.84 Å². The van der Waals surface area contributed by atoms with Crippen LogP contribution in [0.2, 0.25) is 0 Å². The molecule has 0 aromatic heterocycles. The van der Waals surface area contributed by atoms with E-state index in [9.17, 15) is 39.2 Å². The number of halogens is 7. The van der Waals surface area contributed by atoms with Gasteiger partial charge in [0, 0.05) is 5.69 Å². The molecule has 0 atom stereocenters. The molecule has 0 unspecified atom stereocenters. The highest BCUT2D eigenvalue weighted by molar-refractivity contribution is 7.92. The van der Waals surface area contributed by atoms with E-state index in [2.05, 4.69) is 0 Å². The average molecular weight is 339 g/mol. The van der Waals surface area contributed by atoms with Gasteiger partial charge in [0.15, 0.2) is 0 Å². The minimum absolute atomic E-state index is 0.0418. The van der Waals surface area contributed by atoms with Crippen LogP contribution < -0.4 is 5.73 Å². The predicted molar refractivity (Wildman–Crippen MR) is 58.7 cm³/mol. The summed E-state index contributed by atoms with van der Waals surface area (Å²) in [5.74, 6) is -6.74. The van der Waals surface area contributed by atoms with Crippen molar-refractivity contribution in [2.45, 2.75) is 29.2 Å². The van der Waals surface area contributed by atoms with E-state index in [0.29, 0.717) is 12.1 Å². The Bertz CT molecular complexity index is 652. The topological polar surface area (TPSA) is 60.2 Å². The summed E-state index contributed by atoms with van der Waals surface area (Å²) in [6.45, 7) is 1.17. The normalized spacial score (nSPS) is 14.3. The number of rotatable bonds is 3. The van der Waals surface area contributed by atoms with Crippen LogP contribution in [0.15, 0.2) is 23.1 Å². The lowest BCUT2D eigenvalue weighted by Crippen LogP contribution is -2.55. The molecular weight excluding hydrogens is 331 g/mol. The minimum atomic E-state index is -6.74. The molecule has 0 spiro atoms. The second-order valence-corrected chi connectivity index (χ2v) is 6.10. The van der Waals surface area contributed by atoms with Crippen LogP contribution in [0.4, 0.5) is 36.4 Å². The zero-order valence-corrected chi connectivity index (χ0v) is 11.0. The Morgan fingerprint density at radius 3 is 1.86 bits per heavy atom. The quantitative estimate of drug-likeness (QED) is 0.680. The molecule has 0 aliphatic rings. The first-order valence-corrected chi connectivity index (χ1v) is 6.57. The molecule has 1 rings (SSSR count). The third-order valence-electron chi connectivity index (χ3n) is 2.61. The van der Waals surface area contributed by atoms with Gasteiger partial charge in [0.1, 0.15) is 0 Å². The Kier molecular flexibility index (Phi) is 3.97. The minimum Gasteiger partial charge on any atom is -0.399 e. The van der Waals surface area contributed by atoms with Gasteiger partial charge in [-0.3, -0.25) is 0 Å². The molecule has 1 aromatic rings. The van der Waals surface area contributed by atoms with Crippen LogP contribution >= 0.6 is 0 Å². The van der Waals surface area contributed by atoms with Crippen LogP contribution in [0.1, 0.15) is 5.56 Å². The first-order chi connectivity index (χ1) is 9.16. The maximum atomic E-state index is 13.3. The van der Waals surface area contributed by atoms with E-state index < -0.39 is 32.1 Å². The van der Waals surface area contributed by atoms with E-state index >= 15 is 0 Å². The summed E-state index contributed by atoms with van der Waals surface area (Å²) in [6, 6.07) is 1.73. The fraction of sp³-hybridized carbons (Fsp3) is 0.400. The molecular formula is C10H8F7NO2S. The van der Waals surface area contributed by atoms with Crippen molar-refractivity contribution in [1.29, 1.82) is 0 Å². The molecule has 0 heterocycles. The van der Waals surface area contributed by atoms with Gasteiger partial charge in [-0.2, -0.15) is 30.7 Å². The first kappa shape index (κ1) is 17.5. The molecule has 0 aliphatic carbocycles. The van der Waals surface area contributed by atoms with Crippen molar-refractivity contribution in [3.63, 3.8) is 0 Å². The van der Waals surface area contributed by atoms with Gasteiger partial charge in [-0.1, -0.05) is 0 Å². The Morgan fingerprint density at radius 1 is 1.00 bits per heavy atom. The number of nitrogen functional groups attached to an aromatic ring is 1. The second-order valence-electron chi connectivity index (χ2n) is 4.11. The van der Waals surface area contributed by atoms with Crippen molar-refractivity contribution < 1.29 is 39.2 Å². The highest BCUT2D eigenvalue weighted by Gasteiger charge is 2.78. The van der Waals surface area contributed by atoms with Crippen LogP contribution in [0.5, 0.6) is 0 Å². The lowest BCUT2D eigenvalue weighted by atomic mass is 10.2. The third kappa shape index (κ3) is 2.54. The molecule has 2 N–H and O–H groups in total. The SMILES string of the molecule is Cc1cc(S(=O)(=O)C(F)(F)C(F)(F)C(F)(F)F)ccc1N. The van der Waals surface area contributed by atoms with Crippen LogP contribution in [-0.4, -0.2) is 25.8 Å². The zero-order valence-electron chi connectivity index (χ0n) is 10.2. The molecule has 3 nitrogen and oxygen atoms in total. The van der Waals surface area contributed by atoms with Crippen molar-refractivity contribution in [2.75, 3.05) is 5.73 Å². The second kappa shape index (κ2) is 4.75. The van der Waals surface area contributed by atoms with Crippen LogP contribution in [0.3, 0.4) is 0 Å². The summed E-state index contributed by atoms with van der Waals surface area (Å²) in [4.78, 5) is -1.39. The standard InChI is InChI=1S/C10H8F7NO2S/c1-5-4-6(2-3-7(5)18)21(19,20)10(16,17)8(11,12)9(13,14)15/h2-4H,18H2,1H3. The molecule has 0 fully saturated rings. The molecule has 0 amide bonds. The monoisotopic (exact) mass is 339 g/mol. The predicted octanol–water partition coefficient (Wildman–Crippen LogP) is 3.14. The van der Waals surface area contributed by atoms with Gasteiger partial charge >= 0.3 is 17.4 Å². The highest BCUT2D eigenvalue weighted by Crippen LogP contribution is 2.50. The van der Waals surface area contributed by atoms with E-state index in [1.807, 2.05) is 0 Å². The number of hydrogen-bond donors (Lipinski definition) is 1. The maximum absolute atomic E-state index is 13.3. The van der Waals surface area contributed by atoms with Gasteiger partial charge in [0.05, 0.1) is 4.90 Å².